The zero-order valence-electron chi connectivity index (χ0n) is 12.9. The van der Waals surface area contributed by atoms with Crippen LogP contribution in [0.5, 0.6) is 0 Å². The highest BCUT2D eigenvalue weighted by atomic mass is 32.2. The van der Waals surface area contributed by atoms with Crippen molar-refractivity contribution in [3.63, 3.8) is 0 Å². The van der Waals surface area contributed by atoms with Crippen LogP contribution in [0, 0.1) is 11.3 Å². The molecule has 124 valence electrons. The maximum absolute atomic E-state index is 12.0. The van der Waals surface area contributed by atoms with Crippen molar-refractivity contribution in [1.82, 2.24) is 9.62 Å². The molecule has 2 N–H and O–H groups in total. The summed E-state index contributed by atoms with van der Waals surface area (Å²) >= 11 is 0. The molecule has 0 saturated carbocycles. The van der Waals surface area contributed by atoms with Crippen LogP contribution in [-0.2, 0) is 14.8 Å². The fraction of sp³-hybridized carbons (Fsp3) is 0.467. The number of carbonyl (C=O) groups is 1. The second-order valence-corrected chi connectivity index (χ2v) is 7.46. The summed E-state index contributed by atoms with van der Waals surface area (Å²) in [7, 11) is -3.19. The van der Waals surface area contributed by atoms with Gasteiger partial charge < -0.3 is 5.32 Å². The average Bonchev–Trinajstić information content (AvgIpc) is 2.48. The van der Waals surface area contributed by atoms with E-state index < -0.39 is 10.0 Å². The molecular weight excluding hydrogens is 316 g/mol. The summed E-state index contributed by atoms with van der Waals surface area (Å²) < 4.78 is 25.0. The van der Waals surface area contributed by atoms with Crippen LogP contribution in [0.25, 0.3) is 0 Å². The number of hydrogen-bond donors (Lipinski definition) is 2. The first-order chi connectivity index (χ1) is 10.9. The topological polar surface area (TPSA) is 102 Å². The van der Waals surface area contributed by atoms with Crippen LogP contribution in [0.4, 0.5) is 5.69 Å². The molecule has 0 atom stereocenters. The van der Waals surface area contributed by atoms with Crippen molar-refractivity contribution in [3.05, 3.63) is 29.8 Å². The SMILES string of the molecule is CS(=O)(=O)NC1CCN(CC(=O)Nc2cccc(C#N)c2)CC1. The fourth-order valence-corrected chi connectivity index (χ4v) is 3.42. The Morgan fingerprint density at radius 2 is 2.09 bits per heavy atom. The third-order valence-electron chi connectivity index (χ3n) is 3.61. The second-order valence-electron chi connectivity index (χ2n) is 5.68. The standard InChI is InChI=1S/C15H20N4O3S/c1-23(21,22)18-13-5-7-19(8-6-13)11-15(20)17-14-4-2-3-12(9-14)10-16/h2-4,9,13,18H,5-8,11H2,1H3,(H,17,20). The van der Waals surface area contributed by atoms with E-state index in [4.69, 9.17) is 5.26 Å². The highest BCUT2D eigenvalue weighted by Crippen LogP contribution is 2.12. The van der Waals surface area contributed by atoms with Gasteiger partial charge in [0.2, 0.25) is 15.9 Å². The molecule has 1 saturated heterocycles. The van der Waals surface area contributed by atoms with E-state index in [1.807, 2.05) is 11.0 Å². The van der Waals surface area contributed by atoms with Crippen molar-refractivity contribution in [2.45, 2.75) is 18.9 Å². The third-order valence-corrected chi connectivity index (χ3v) is 4.37. The minimum Gasteiger partial charge on any atom is -0.325 e. The predicted octanol–water partition coefficient (Wildman–Crippen LogP) is 0.510. The molecule has 0 radical (unpaired) electrons. The molecule has 0 unspecified atom stereocenters. The number of benzene rings is 1. The maximum Gasteiger partial charge on any atom is 0.238 e. The van der Waals surface area contributed by atoms with Crippen molar-refractivity contribution in [2.75, 3.05) is 31.2 Å². The lowest BCUT2D eigenvalue weighted by molar-refractivity contribution is -0.117. The Bertz CT molecular complexity index is 704. The molecular formula is C15H20N4O3S. The lowest BCUT2D eigenvalue weighted by Gasteiger charge is -2.31. The van der Waals surface area contributed by atoms with Crippen LogP contribution < -0.4 is 10.0 Å². The number of rotatable bonds is 5. The van der Waals surface area contributed by atoms with E-state index in [0.29, 0.717) is 37.2 Å². The van der Waals surface area contributed by atoms with Crippen LogP contribution in [0.15, 0.2) is 24.3 Å². The number of nitriles is 1. The molecule has 0 bridgehead atoms. The number of anilines is 1. The van der Waals surface area contributed by atoms with Crippen molar-refractivity contribution in [3.8, 4) is 6.07 Å². The van der Waals surface area contributed by atoms with E-state index in [-0.39, 0.29) is 18.5 Å². The second kappa shape index (κ2) is 7.55. The molecule has 1 aromatic rings. The molecule has 1 heterocycles. The molecule has 1 amide bonds. The normalized spacial score (nSPS) is 16.7. The zero-order chi connectivity index (χ0) is 16.9. The molecule has 0 aromatic heterocycles. The Morgan fingerprint density at radius 3 is 2.70 bits per heavy atom. The molecule has 1 fully saturated rings. The van der Waals surface area contributed by atoms with E-state index in [2.05, 4.69) is 10.0 Å². The van der Waals surface area contributed by atoms with Gasteiger partial charge in [-0.15, -0.1) is 0 Å². The maximum atomic E-state index is 12.0. The highest BCUT2D eigenvalue weighted by Gasteiger charge is 2.22. The van der Waals surface area contributed by atoms with Gasteiger partial charge in [0.15, 0.2) is 0 Å². The quantitative estimate of drug-likeness (QED) is 0.816. The van der Waals surface area contributed by atoms with E-state index in [1.165, 1.54) is 0 Å². The molecule has 7 nitrogen and oxygen atoms in total. The Labute approximate surface area is 136 Å². The minimum atomic E-state index is -3.19. The first kappa shape index (κ1) is 17.4. The molecule has 0 spiro atoms. The summed E-state index contributed by atoms with van der Waals surface area (Å²) in [6, 6.07) is 8.73. The van der Waals surface area contributed by atoms with Crippen LogP contribution >= 0.6 is 0 Å². The monoisotopic (exact) mass is 336 g/mol. The minimum absolute atomic E-state index is 0.0587. The van der Waals surface area contributed by atoms with Crippen molar-refractivity contribution in [2.24, 2.45) is 0 Å². The van der Waals surface area contributed by atoms with Gasteiger partial charge in [0.25, 0.3) is 0 Å². The number of nitrogens with zero attached hydrogens (tertiary/aromatic N) is 2. The number of hydrogen-bond acceptors (Lipinski definition) is 5. The number of amides is 1. The number of sulfonamides is 1. The van der Waals surface area contributed by atoms with Gasteiger partial charge in [-0.25, -0.2) is 13.1 Å². The Hall–Kier alpha value is -1.95. The first-order valence-electron chi connectivity index (χ1n) is 7.35. The van der Waals surface area contributed by atoms with Crippen LogP contribution in [-0.4, -0.2) is 51.2 Å². The number of piperidine rings is 1. The van der Waals surface area contributed by atoms with Crippen molar-refractivity contribution in [1.29, 1.82) is 5.26 Å². The fourth-order valence-electron chi connectivity index (χ4n) is 2.58. The van der Waals surface area contributed by atoms with Gasteiger partial charge in [0.1, 0.15) is 0 Å². The Balaban J connectivity index is 1.80. The summed E-state index contributed by atoms with van der Waals surface area (Å²) in [5.41, 5.74) is 1.10. The summed E-state index contributed by atoms with van der Waals surface area (Å²) in [6.45, 7) is 1.58. The molecule has 0 aliphatic carbocycles. The van der Waals surface area contributed by atoms with Gasteiger partial charge in [0.05, 0.1) is 24.4 Å². The summed E-state index contributed by atoms with van der Waals surface area (Å²) in [5.74, 6) is -0.144. The highest BCUT2D eigenvalue weighted by molar-refractivity contribution is 7.88. The smallest absolute Gasteiger partial charge is 0.238 e. The zero-order valence-corrected chi connectivity index (χ0v) is 13.8. The van der Waals surface area contributed by atoms with Gasteiger partial charge >= 0.3 is 0 Å². The summed E-state index contributed by atoms with van der Waals surface area (Å²) in [5, 5.41) is 11.6. The summed E-state index contributed by atoms with van der Waals surface area (Å²) in [4.78, 5) is 14.0. The molecule has 2 rings (SSSR count). The van der Waals surface area contributed by atoms with Gasteiger partial charge in [0, 0.05) is 24.8 Å². The summed E-state index contributed by atoms with van der Waals surface area (Å²) in [6.07, 6.45) is 2.52. The van der Waals surface area contributed by atoms with Gasteiger partial charge in [-0.05, 0) is 31.0 Å². The molecule has 1 aliphatic heterocycles. The molecule has 23 heavy (non-hydrogen) atoms. The van der Waals surface area contributed by atoms with E-state index >= 15 is 0 Å². The molecule has 1 aromatic carbocycles. The molecule has 1 aliphatic rings. The largest absolute Gasteiger partial charge is 0.325 e. The Kier molecular flexibility index (Phi) is 5.71. The third kappa shape index (κ3) is 5.98. The average molecular weight is 336 g/mol. The number of likely N-dealkylation sites (tertiary alicyclic amines) is 1. The predicted molar refractivity (Wildman–Crippen MR) is 87.2 cm³/mol. The van der Waals surface area contributed by atoms with Crippen LogP contribution in [0.2, 0.25) is 0 Å². The van der Waals surface area contributed by atoms with Crippen LogP contribution in [0.1, 0.15) is 18.4 Å². The van der Waals surface area contributed by atoms with Crippen molar-refractivity contribution >= 4 is 21.6 Å². The first-order valence-corrected chi connectivity index (χ1v) is 9.24. The van der Waals surface area contributed by atoms with Gasteiger partial charge in [-0.1, -0.05) is 6.07 Å². The van der Waals surface area contributed by atoms with E-state index in [9.17, 15) is 13.2 Å². The number of carbonyl (C=O) groups excluding carboxylic acids is 1. The van der Waals surface area contributed by atoms with Gasteiger partial charge in [-0.2, -0.15) is 5.26 Å². The van der Waals surface area contributed by atoms with E-state index in [1.54, 1.807) is 24.3 Å². The Morgan fingerprint density at radius 1 is 1.39 bits per heavy atom. The number of nitrogens with one attached hydrogen (secondary N) is 2. The van der Waals surface area contributed by atoms with E-state index in [0.717, 1.165) is 6.26 Å². The van der Waals surface area contributed by atoms with Gasteiger partial charge in [-0.3, -0.25) is 9.69 Å². The lowest BCUT2D eigenvalue weighted by Crippen LogP contribution is -2.46. The molecule has 8 heteroatoms. The van der Waals surface area contributed by atoms with Crippen molar-refractivity contribution < 1.29 is 13.2 Å². The van der Waals surface area contributed by atoms with Crippen LogP contribution in [0.3, 0.4) is 0 Å². The lowest BCUT2D eigenvalue weighted by atomic mass is 10.1.